The lowest BCUT2D eigenvalue weighted by Crippen LogP contribution is -2.00. The highest BCUT2D eigenvalue weighted by atomic mass is 79.9. The molecule has 16 heavy (non-hydrogen) atoms. The Morgan fingerprint density at radius 1 is 1.38 bits per heavy atom. The van der Waals surface area contributed by atoms with E-state index in [4.69, 9.17) is 9.68 Å². The maximum absolute atomic E-state index is 8.97. The molecule has 3 nitrogen and oxygen atoms in total. The minimum Gasteiger partial charge on any atom is -0.472 e. The van der Waals surface area contributed by atoms with Crippen LogP contribution in [-0.2, 0) is 6.54 Å². The molecular formula is C12H9BrN2O. The van der Waals surface area contributed by atoms with Gasteiger partial charge in [-0.05, 0) is 24.3 Å². The van der Waals surface area contributed by atoms with Gasteiger partial charge in [0.25, 0.3) is 0 Å². The zero-order chi connectivity index (χ0) is 11.4. The fourth-order valence-electron chi connectivity index (χ4n) is 1.35. The molecule has 0 bridgehead atoms. The molecule has 0 spiro atoms. The molecule has 1 heterocycles. The van der Waals surface area contributed by atoms with Crippen LogP contribution >= 0.6 is 15.9 Å². The van der Waals surface area contributed by atoms with Crippen LogP contribution in [0.2, 0.25) is 0 Å². The molecule has 0 saturated carbocycles. The number of nitrogens with one attached hydrogen (secondary N) is 1. The zero-order valence-corrected chi connectivity index (χ0v) is 9.99. The molecule has 0 aliphatic rings. The van der Waals surface area contributed by atoms with Gasteiger partial charge in [-0.25, -0.2) is 0 Å². The number of furan rings is 1. The normalized spacial score (nSPS) is 9.75. The molecule has 2 aromatic rings. The number of nitrogens with zero attached hydrogens (tertiary/aromatic N) is 1. The first kappa shape index (κ1) is 10.8. The predicted molar refractivity (Wildman–Crippen MR) is 64.9 cm³/mol. The molecule has 1 aromatic heterocycles. The lowest BCUT2D eigenvalue weighted by atomic mass is 10.2. The van der Waals surface area contributed by atoms with Crippen molar-refractivity contribution >= 4 is 21.6 Å². The summed E-state index contributed by atoms with van der Waals surface area (Å²) >= 11 is 3.33. The van der Waals surface area contributed by atoms with Crippen LogP contribution in [0, 0.1) is 11.3 Å². The molecule has 2 rings (SSSR count). The summed E-state index contributed by atoms with van der Waals surface area (Å²) in [5.41, 5.74) is 2.50. The Morgan fingerprint density at radius 2 is 2.25 bits per heavy atom. The van der Waals surface area contributed by atoms with Gasteiger partial charge in [0.15, 0.2) is 0 Å². The highest BCUT2D eigenvalue weighted by Gasteiger charge is 2.02. The summed E-state index contributed by atoms with van der Waals surface area (Å²) in [6, 6.07) is 9.61. The van der Waals surface area contributed by atoms with Crippen molar-refractivity contribution in [1.82, 2.24) is 0 Å². The summed E-state index contributed by atoms with van der Waals surface area (Å²) in [5, 5.41) is 12.2. The Balaban J connectivity index is 2.13. The standard InChI is InChI=1S/C12H9BrN2O/c13-11-1-2-12(10(5-11)6-14)15-7-9-3-4-16-8-9/h1-5,8,15H,7H2. The van der Waals surface area contributed by atoms with E-state index in [0.29, 0.717) is 12.1 Å². The third-order valence-electron chi connectivity index (χ3n) is 2.17. The highest BCUT2D eigenvalue weighted by molar-refractivity contribution is 9.10. The Bertz CT molecular complexity index is 514. The predicted octanol–water partition coefficient (Wildman–Crippen LogP) is 3.53. The highest BCUT2D eigenvalue weighted by Crippen LogP contribution is 2.20. The molecule has 0 unspecified atom stereocenters. The largest absolute Gasteiger partial charge is 0.472 e. The number of rotatable bonds is 3. The fourth-order valence-corrected chi connectivity index (χ4v) is 1.71. The van der Waals surface area contributed by atoms with Crippen molar-refractivity contribution in [1.29, 1.82) is 5.26 Å². The summed E-state index contributed by atoms with van der Waals surface area (Å²) in [6.45, 7) is 0.646. The molecule has 0 fully saturated rings. The molecule has 1 N–H and O–H groups in total. The first-order chi connectivity index (χ1) is 7.79. The molecule has 0 radical (unpaired) electrons. The summed E-state index contributed by atoms with van der Waals surface area (Å²) in [5.74, 6) is 0. The second kappa shape index (κ2) is 4.86. The second-order valence-corrected chi connectivity index (χ2v) is 4.20. The van der Waals surface area contributed by atoms with Crippen LogP contribution in [-0.4, -0.2) is 0 Å². The van der Waals surface area contributed by atoms with Gasteiger partial charge in [0.1, 0.15) is 6.07 Å². The van der Waals surface area contributed by atoms with Crippen molar-refractivity contribution < 1.29 is 4.42 Å². The van der Waals surface area contributed by atoms with Gasteiger partial charge in [-0.3, -0.25) is 0 Å². The smallest absolute Gasteiger partial charge is 0.101 e. The molecular weight excluding hydrogens is 268 g/mol. The molecule has 80 valence electrons. The minimum absolute atomic E-state index is 0.623. The first-order valence-electron chi connectivity index (χ1n) is 4.74. The van der Waals surface area contributed by atoms with Crippen molar-refractivity contribution in [2.45, 2.75) is 6.54 Å². The Hall–Kier alpha value is -1.73. The maximum atomic E-state index is 8.97. The SMILES string of the molecule is N#Cc1cc(Br)ccc1NCc1ccoc1. The van der Waals surface area contributed by atoms with Crippen LogP contribution in [0.15, 0.2) is 45.7 Å². The molecule has 0 atom stereocenters. The topological polar surface area (TPSA) is 49.0 Å². The molecule has 0 aliphatic heterocycles. The Morgan fingerprint density at radius 3 is 2.94 bits per heavy atom. The van der Waals surface area contributed by atoms with Crippen molar-refractivity contribution in [2.24, 2.45) is 0 Å². The van der Waals surface area contributed by atoms with Gasteiger partial charge in [-0.1, -0.05) is 15.9 Å². The number of halogens is 1. The van der Waals surface area contributed by atoms with Gasteiger partial charge < -0.3 is 9.73 Å². The number of benzene rings is 1. The molecule has 0 amide bonds. The van der Waals surface area contributed by atoms with Gasteiger partial charge in [0.2, 0.25) is 0 Å². The van der Waals surface area contributed by atoms with Crippen LogP contribution in [0.3, 0.4) is 0 Å². The number of hydrogen-bond acceptors (Lipinski definition) is 3. The van der Waals surface area contributed by atoms with E-state index in [0.717, 1.165) is 15.7 Å². The zero-order valence-electron chi connectivity index (χ0n) is 8.40. The Labute approximate surface area is 102 Å². The van der Waals surface area contributed by atoms with Crippen molar-refractivity contribution in [3.8, 4) is 6.07 Å². The van der Waals surface area contributed by atoms with E-state index in [1.807, 2.05) is 18.2 Å². The average Bonchev–Trinajstić information content (AvgIpc) is 2.80. The summed E-state index contributed by atoms with van der Waals surface area (Å²) in [7, 11) is 0. The van der Waals surface area contributed by atoms with E-state index in [2.05, 4.69) is 27.3 Å². The molecule has 1 aromatic carbocycles. The number of hydrogen-bond donors (Lipinski definition) is 1. The van der Waals surface area contributed by atoms with Crippen LogP contribution in [0.25, 0.3) is 0 Å². The lowest BCUT2D eigenvalue weighted by molar-refractivity contribution is 0.564. The van der Waals surface area contributed by atoms with E-state index < -0.39 is 0 Å². The van der Waals surface area contributed by atoms with Gasteiger partial charge in [-0.2, -0.15) is 5.26 Å². The van der Waals surface area contributed by atoms with Gasteiger partial charge in [0.05, 0.1) is 23.8 Å². The van der Waals surface area contributed by atoms with Crippen molar-refractivity contribution in [3.63, 3.8) is 0 Å². The van der Waals surface area contributed by atoms with Gasteiger partial charge in [-0.15, -0.1) is 0 Å². The van der Waals surface area contributed by atoms with E-state index in [1.165, 1.54) is 0 Å². The van der Waals surface area contributed by atoms with Crippen LogP contribution in [0.1, 0.15) is 11.1 Å². The fraction of sp³-hybridized carbons (Fsp3) is 0.0833. The van der Waals surface area contributed by atoms with Crippen LogP contribution < -0.4 is 5.32 Å². The van der Waals surface area contributed by atoms with Crippen molar-refractivity contribution in [3.05, 3.63) is 52.4 Å². The average molecular weight is 277 g/mol. The third-order valence-corrected chi connectivity index (χ3v) is 2.66. The number of nitriles is 1. The summed E-state index contributed by atoms with van der Waals surface area (Å²) < 4.78 is 5.87. The molecule has 4 heteroatoms. The Kier molecular flexibility index (Phi) is 3.28. The maximum Gasteiger partial charge on any atom is 0.101 e. The lowest BCUT2D eigenvalue weighted by Gasteiger charge is -2.06. The van der Waals surface area contributed by atoms with Gasteiger partial charge in [0, 0.05) is 16.6 Å². The second-order valence-electron chi connectivity index (χ2n) is 3.29. The van der Waals surface area contributed by atoms with Crippen LogP contribution in [0.4, 0.5) is 5.69 Å². The summed E-state index contributed by atoms with van der Waals surface area (Å²) in [6.07, 6.45) is 3.31. The molecule has 0 aliphatic carbocycles. The number of anilines is 1. The quantitative estimate of drug-likeness (QED) is 0.933. The van der Waals surface area contributed by atoms with E-state index in [1.54, 1.807) is 18.6 Å². The third kappa shape index (κ3) is 2.44. The van der Waals surface area contributed by atoms with Gasteiger partial charge >= 0.3 is 0 Å². The van der Waals surface area contributed by atoms with Crippen molar-refractivity contribution in [2.75, 3.05) is 5.32 Å². The van der Waals surface area contributed by atoms with E-state index in [-0.39, 0.29) is 0 Å². The monoisotopic (exact) mass is 276 g/mol. The molecule has 0 saturated heterocycles. The summed E-state index contributed by atoms with van der Waals surface area (Å²) in [4.78, 5) is 0. The van der Waals surface area contributed by atoms with E-state index >= 15 is 0 Å². The minimum atomic E-state index is 0.623. The van der Waals surface area contributed by atoms with E-state index in [9.17, 15) is 0 Å². The van der Waals surface area contributed by atoms with Crippen LogP contribution in [0.5, 0.6) is 0 Å². The first-order valence-corrected chi connectivity index (χ1v) is 5.53.